The molecule has 1 heterocycles. The largest absolute Gasteiger partial charge is 0.392 e. The van der Waals surface area contributed by atoms with E-state index in [0.717, 1.165) is 0 Å². The molecule has 0 aromatic rings. The molecule has 0 spiro atoms. The van der Waals surface area contributed by atoms with Crippen LogP contribution in [0.4, 0.5) is 0 Å². The standard InChI is InChI=1S/C4H9NO2/c6-3-1-4(7)5-2-3/h3-7H,1-2H2. The van der Waals surface area contributed by atoms with E-state index in [2.05, 4.69) is 5.32 Å². The summed E-state index contributed by atoms with van der Waals surface area (Å²) in [6, 6.07) is 0. The molecule has 0 aromatic carbocycles. The number of β-amino-alcohol motifs (C(OH)–C–C–N with tert-alkyl or cyclic N) is 1. The molecule has 7 heavy (non-hydrogen) atoms. The minimum Gasteiger partial charge on any atom is -0.392 e. The van der Waals surface area contributed by atoms with Crippen molar-refractivity contribution in [2.75, 3.05) is 6.54 Å². The van der Waals surface area contributed by atoms with Crippen LogP contribution in [0.1, 0.15) is 6.42 Å². The molecule has 2 unspecified atom stereocenters. The highest BCUT2D eigenvalue weighted by molar-refractivity contribution is 4.72. The summed E-state index contributed by atoms with van der Waals surface area (Å²) in [6.07, 6.45) is -0.343. The van der Waals surface area contributed by atoms with E-state index < -0.39 is 6.23 Å². The predicted octanol–water partition coefficient (Wildman–Crippen LogP) is -1.34. The third kappa shape index (κ3) is 1.12. The van der Waals surface area contributed by atoms with Crippen molar-refractivity contribution >= 4 is 0 Å². The lowest BCUT2D eigenvalue weighted by atomic mass is 10.3. The Hall–Kier alpha value is -0.120. The maximum absolute atomic E-state index is 8.68. The van der Waals surface area contributed by atoms with Crippen LogP contribution in [0.15, 0.2) is 0 Å². The average Bonchev–Trinajstić information content (AvgIpc) is 1.87. The minimum atomic E-state index is -0.477. The molecule has 0 saturated carbocycles. The Labute approximate surface area is 42.0 Å². The topological polar surface area (TPSA) is 52.5 Å². The van der Waals surface area contributed by atoms with Crippen molar-refractivity contribution < 1.29 is 10.2 Å². The van der Waals surface area contributed by atoms with Crippen molar-refractivity contribution in [3.63, 3.8) is 0 Å². The zero-order valence-corrected chi connectivity index (χ0v) is 3.96. The zero-order chi connectivity index (χ0) is 5.28. The molecular formula is C4H9NO2. The van der Waals surface area contributed by atoms with Gasteiger partial charge < -0.3 is 10.2 Å². The van der Waals surface area contributed by atoms with Gasteiger partial charge in [0.2, 0.25) is 0 Å². The molecule has 3 N–H and O–H groups in total. The van der Waals surface area contributed by atoms with Crippen molar-refractivity contribution in [3.8, 4) is 0 Å². The summed E-state index contributed by atoms with van der Waals surface area (Å²) in [4.78, 5) is 0. The first-order valence-corrected chi connectivity index (χ1v) is 2.38. The van der Waals surface area contributed by atoms with Crippen LogP contribution in [0.3, 0.4) is 0 Å². The highest BCUT2D eigenvalue weighted by Crippen LogP contribution is 2.01. The van der Waals surface area contributed by atoms with Crippen LogP contribution in [0.5, 0.6) is 0 Å². The Morgan fingerprint density at radius 1 is 1.43 bits per heavy atom. The monoisotopic (exact) mass is 103 g/mol. The van der Waals surface area contributed by atoms with Gasteiger partial charge in [0, 0.05) is 13.0 Å². The first kappa shape index (κ1) is 5.03. The van der Waals surface area contributed by atoms with Crippen LogP contribution >= 0.6 is 0 Å². The van der Waals surface area contributed by atoms with Gasteiger partial charge in [0.25, 0.3) is 0 Å². The second-order valence-electron chi connectivity index (χ2n) is 1.81. The fraction of sp³-hybridized carbons (Fsp3) is 1.00. The lowest BCUT2D eigenvalue weighted by molar-refractivity contribution is 0.131. The quantitative estimate of drug-likeness (QED) is 0.355. The molecule has 1 aliphatic rings. The van der Waals surface area contributed by atoms with E-state index in [0.29, 0.717) is 13.0 Å². The first-order chi connectivity index (χ1) is 3.29. The maximum Gasteiger partial charge on any atom is 0.107 e. The zero-order valence-electron chi connectivity index (χ0n) is 3.96. The number of nitrogens with one attached hydrogen (secondary N) is 1. The molecule has 1 rings (SSSR count). The summed E-state index contributed by atoms with van der Waals surface area (Å²) < 4.78 is 0. The lowest BCUT2D eigenvalue weighted by Crippen LogP contribution is -2.20. The summed E-state index contributed by atoms with van der Waals surface area (Å²) in [6.45, 7) is 0.529. The molecule has 2 atom stereocenters. The highest BCUT2D eigenvalue weighted by atomic mass is 16.3. The molecule has 0 radical (unpaired) electrons. The molecule has 0 aliphatic carbocycles. The van der Waals surface area contributed by atoms with Gasteiger partial charge in [0.15, 0.2) is 0 Å². The number of hydrogen-bond acceptors (Lipinski definition) is 3. The van der Waals surface area contributed by atoms with Gasteiger partial charge in [-0.05, 0) is 0 Å². The highest BCUT2D eigenvalue weighted by Gasteiger charge is 2.18. The molecule has 1 aliphatic heterocycles. The van der Waals surface area contributed by atoms with Crippen LogP contribution < -0.4 is 5.32 Å². The molecule has 0 bridgehead atoms. The summed E-state index contributed by atoms with van der Waals surface area (Å²) in [5, 5.41) is 20.0. The molecule has 1 fully saturated rings. The second kappa shape index (κ2) is 1.78. The van der Waals surface area contributed by atoms with Crippen molar-refractivity contribution in [2.45, 2.75) is 18.8 Å². The normalized spacial score (nSPS) is 42.0. The molecule has 3 heteroatoms. The Morgan fingerprint density at radius 2 is 2.14 bits per heavy atom. The minimum absolute atomic E-state index is 0.338. The lowest BCUT2D eigenvalue weighted by Gasteiger charge is -1.95. The SMILES string of the molecule is OC1CNC(O)C1. The van der Waals surface area contributed by atoms with Gasteiger partial charge in [-0.15, -0.1) is 0 Å². The van der Waals surface area contributed by atoms with E-state index >= 15 is 0 Å². The van der Waals surface area contributed by atoms with E-state index in [-0.39, 0.29) is 6.10 Å². The summed E-state index contributed by atoms with van der Waals surface area (Å²) in [5.41, 5.74) is 0. The average molecular weight is 103 g/mol. The van der Waals surface area contributed by atoms with Crippen LogP contribution in [-0.2, 0) is 0 Å². The van der Waals surface area contributed by atoms with Crippen LogP contribution in [0, 0.1) is 0 Å². The Bertz CT molecular complexity index is 58.7. The molecule has 0 amide bonds. The van der Waals surface area contributed by atoms with Gasteiger partial charge in [0.1, 0.15) is 6.23 Å². The van der Waals surface area contributed by atoms with Gasteiger partial charge >= 0.3 is 0 Å². The predicted molar refractivity (Wildman–Crippen MR) is 24.6 cm³/mol. The summed E-state index contributed by atoms with van der Waals surface area (Å²) in [7, 11) is 0. The van der Waals surface area contributed by atoms with Gasteiger partial charge in [-0.2, -0.15) is 0 Å². The van der Waals surface area contributed by atoms with Crippen molar-refractivity contribution in [3.05, 3.63) is 0 Å². The maximum atomic E-state index is 8.68. The van der Waals surface area contributed by atoms with Crippen molar-refractivity contribution in [2.24, 2.45) is 0 Å². The van der Waals surface area contributed by atoms with Crippen LogP contribution in [0.25, 0.3) is 0 Å². The van der Waals surface area contributed by atoms with E-state index in [9.17, 15) is 0 Å². The number of hydrogen-bond donors (Lipinski definition) is 3. The van der Waals surface area contributed by atoms with Gasteiger partial charge in [0.05, 0.1) is 6.10 Å². The Balaban J connectivity index is 2.26. The van der Waals surface area contributed by atoms with E-state index in [1.807, 2.05) is 0 Å². The van der Waals surface area contributed by atoms with E-state index in [1.54, 1.807) is 0 Å². The fourth-order valence-corrected chi connectivity index (χ4v) is 0.696. The van der Waals surface area contributed by atoms with E-state index in [1.165, 1.54) is 0 Å². The summed E-state index contributed by atoms with van der Waals surface area (Å²) in [5.74, 6) is 0. The van der Waals surface area contributed by atoms with Crippen molar-refractivity contribution in [1.82, 2.24) is 5.32 Å². The smallest absolute Gasteiger partial charge is 0.107 e. The third-order valence-electron chi connectivity index (χ3n) is 1.08. The Kier molecular flexibility index (Phi) is 1.27. The number of aliphatic hydroxyl groups is 2. The molecule has 1 saturated heterocycles. The fourth-order valence-electron chi connectivity index (χ4n) is 0.696. The molecule has 0 aromatic heterocycles. The molecular weight excluding hydrogens is 94.0 g/mol. The number of rotatable bonds is 0. The second-order valence-corrected chi connectivity index (χ2v) is 1.81. The molecule has 42 valence electrons. The van der Waals surface area contributed by atoms with Crippen molar-refractivity contribution in [1.29, 1.82) is 0 Å². The molecule has 3 nitrogen and oxygen atoms in total. The van der Waals surface area contributed by atoms with Gasteiger partial charge in [-0.25, -0.2) is 0 Å². The van der Waals surface area contributed by atoms with Crippen LogP contribution in [-0.4, -0.2) is 29.1 Å². The Morgan fingerprint density at radius 3 is 2.29 bits per heavy atom. The van der Waals surface area contributed by atoms with Gasteiger partial charge in [-0.3, -0.25) is 5.32 Å². The number of aliphatic hydroxyl groups excluding tert-OH is 2. The first-order valence-electron chi connectivity index (χ1n) is 2.38. The van der Waals surface area contributed by atoms with E-state index in [4.69, 9.17) is 10.2 Å². The summed E-state index contributed by atoms with van der Waals surface area (Å²) >= 11 is 0. The third-order valence-corrected chi connectivity index (χ3v) is 1.08. The van der Waals surface area contributed by atoms with Gasteiger partial charge in [-0.1, -0.05) is 0 Å². The van der Waals surface area contributed by atoms with Crippen LogP contribution in [0.2, 0.25) is 0 Å².